The molecule has 2 aromatic carbocycles. The van der Waals surface area contributed by atoms with Crippen LogP contribution in [-0.2, 0) is 16.2 Å². The maximum Gasteiger partial charge on any atom is 0.271 e. The van der Waals surface area contributed by atoms with Crippen molar-refractivity contribution in [3.63, 3.8) is 0 Å². The van der Waals surface area contributed by atoms with Crippen molar-refractivity contribution in [2.24, 2.45) is 5.16 Å². The summed E-state index contributed by atoms with van der Waals surface area (Å²) in [6, 6.07) is 15.4. The number of rotatable bonds is 6. The van der Waals surface area contributed by atoms with Crippen LogP contribution in [0.3, 0.4) is 0 Å². The van der Waals surface area contributed by atoms with Gasteiger partial charge >= 0.3 is 0 Å². The number of carbonyl (C=O) groups is 1. The first-order valence-electron chi connectivity index (χ1n) is 9.33. The molecule has 1 atom stereocenters. The highest BCUT2D eigenvalue weighted by atomic mass is 16.6. The topological polar surface area (TPSA) is 77.7 Å². The van der Waals surface area contributed by atoms with Crippen LogP contribution in [0.15, 0.2) is 53.7 Å². The molecule has 2 heterocycles. The fourth-order valence-corrected chi connectivity index (χ4v) is 3.28. The first-order chi connectivity index (χ1) is 13.7. The van der Waals surface area contributed by atoms with E-state index in [1.54, 1.807) is 7.11 Å². The number of hydrogen-bond acceptors (Lipinski definition) is 5. The van der Waals surface area contributed by atoms with Crippen LogP contribution in [-0.4, -0.2) is 34.4 Å². The first kappa shape index (κ1) is 18.0. The number of ether oxygens (including phenoxy) is 1. The van der Waals surface area contributed by atoms with Gasteiger partial charge < -0.3 is 14.1 Å². The van der Waals surface area contributed by atoms with E-state index in [0.29, 0.717) is 12.4 Å². The molecular weight excluding hydrogens is 356 g/mol. The SMILES string of the molecule is CCCn1c(NC(=O)C2CC(c3ccc(OC)cc3)=NO2)nc2ccccc21. The number of oxime groups is 1. The molecule has 28 heavy (non-hydrogen) atoms. The summed E-state index contributed by atoms with van der Waals surface area (Å²) < 4.78 is 7.19. The zero-order chi connectivity index (χ0) is 19.5. The molecule has 0 saturated carbocycles. The molecule has 1 aromatic heterocycles. The van der Waals surface area contributed by atoms with Gasteiger partial charge in [0.05, 0.1) is 23.9 Å². The van der Waals surface area contributed by atoms with Gasteiger partial charge in [-0.25, -0.2) is 4.98 Å². The van der Waals surface area contributed by atoms with Crippen LogP contribution in [0.1, 0.15) is 25.3 Å². The minimum atomic E-state index is -0.674. The quantitative estimate of drug-likeness (QED) is 0.711. The van der Waals surface area contributed by atoms with Crippen LogP contribution in [0.25, 0.3) is 11.0 Å². The minimum absolute atomic E-state index is 0.250. The van der Waals surface area contributed by atoms with Crippen molar-refractivity contribution < 1.29 is 14.4 Å². The molecule has 0 aliphatic carbocycles. The van der Waals surface area contributed by atoms with Crippen molar-refractivity contribution in [3.05, 3.63) is 54.1 Å². The second-order valence-corrected chi connectivity index (χ2v) is 6.63. The lowest BCUT2D eigenvalue weighted by Crippen LogP contribution is -2.29. The third-order valence-corrected chi connectivity index (χ3v) is 4.72. The Bertz CT molecular complexity index is 1020. The number of imidazole rings is 1. The number of nitrogens with one attached hydrogen (secondary N) is 1. The summed E-state index contributed by atoms with van der Waals surface area (Å²) in [7, 11) is 1.62. The molecule has 1 unspecified atom stereocenters. The molecule has 7 nitrogen and oxygen atoms in total. The Morgan fingerprint density at radius 1 is 1.25 bits per heavy atom. The van der Waals surface area contributed by atoms with Crippen LogP contribution in [0.5, 0.6) is 5.75 Å². The van der Waals surface area contributed by atoms with E-state index >= 15 is 0 Å². The molecule has 0 saturated heterocycles. The molecular formula is C21H22N4O3. The van der Waals surface area contributed by atoms with Crippen LogP contribution in [0.2, 0.25) is 0 Å². The zero-order valence-electron chi connectivity index (χ0n) is 15.9. The second kappa shape index (κ2) is 7.72. The van der Waals surface area contributed by atoms with Crippen LogP contribution in [0.4, 0.5) is 5.95 Å². The van der Waals surface area contributed by atoms with E-state index in [1.165, 1.54) is 0 Å². The van der Waals surface area contributed by atoms with E-state index < -0.39 is 6.10 Å². The monoisotopic (exact) mass is 378 g/mol. The first-order valence-corrected chi connectivity index (χ1v) is 9.33. The third-order valence-electron chi connectivity index (χ3n) is 4.72. The second-order valence-electron chi connectivity index (χ2n) is 6.63. The molecule has 0 bridgehead atoms. The minimum Gasteiger partial charge on any atom is -0.497 e. The van der Waals surface area contributed by atoms with E-state index in [4.69, 9.17) is 9.57 Å². The van der Waals surface area contributed by atoms with Gasteiger partial charge in [-0.1, -0.05) is 24.2 Å². The summed E-state index contributed by atoms with van der Waals surface area (Å²) in [5.74, 6) is 1.06. The fourth-order valence-electron chi connectivity index (χ4n) is 3.28. The number of benzene rings is 2. The molecule has 7 heteroatoms. The molecule has 4 rings (SSSR count). The standard InChI is InChI=1S/C21H22N4O3/c1-3-12-25-18-7-5-4-6-16(18)22-21(25)23-20(26)19-13-17(24-28-19)14-8-10-15(27-2)11-9-14/h4-11,19H,3,12-13H2,1-2H3,(H,22,23,26). The number of anilines is 1. The Hall–Kier alpha value is -3.35. The van der Waals surface area contributed by atoms with E-state index in [9.17, 15) is 4.79 Å². The molecule has 1 aliphatic heterocycles. The van der Waals surface area contributed by atoms with Crippen molar-refractivity contribution in [3.8, 4) is 5.75 Å². The maximum atomic E-state index is 12.7. The van der Waals surface area contributed by atoms with Crippen molar-refractivity contribution in [1.82, 2.24) is 9.55 Å². The molecule has 1 amide bonds. The predicted octanol–water partition coefficient (Wildman–Crippen LogP) is 3.59. The third kappa shape index (κ3) is 3.43. The van der Waals surface area contributed by atoms with Crippen molar-refractivity contribution in [2.45, 2.75) is 32.4 Å². The molecule has 0 fully saturated rings. The summed E-state index contributed by atoms with van der Waals surface area (Å²) in [6.07, 6.45) is 0.673. The molecule has 1 aliphatic rings. The molecule has 0 radical (unpaired) electrons. The number of aryl methyl sites for hydroxylation is 1. The lowest BCUT2D eigenvalue weighted by Gasteiger charge is -2.11. The predicted molar refractivity (Wildman–Crippen MR) is 108 cm³/mol. The number of hydrogen-bond donors (Lipinski definition) is 1. The van der Waals surface area contributed by atoms with E-state index in [0.717, 1.165) is 41.0 Å². The van der Waals surface area contributed by atoms with E-state index in [-0.39, 0.29) is 5.91 Å². The highest BCUT2D eigenvalue weighted by molar-refractivity contribution is 6.06. The fraction of sp³-hybridized carbons (Fsp3) is 0.286. The lowest BCUT2D eigenvalue weighted by atomic mass is 10.0. The van der Waals surface area contributed by atoms with Gasteiger partial charge in [0.25, 0.3) is 5.91 Å². The lowest BCUT2D eigenvalue weighted by molar-refractivity contribution is -0.125. The highest BCUT2D eigenvalue weighted by Crippen LogP contribution is 2.23. The molecule has 3 aromatic rings. The number of fused-ring (bicyclic) bond motifs is 1. The van der Waals surface area contributed by atoms with E-state index in [1.807, 2.05) is 53.1 Å². The maximum absolute atomic E-state index is 12.7. The Kier molecular flexibility index (Phi) is 4.97. The average molecular weight is 378 g/mol. The Morgan fingerprint density at radius 3 is 2.79 bits per heavy atom. The molecule has 0 spiro atoms. The van der Waals surface area contributed by atoms with Crippen LogP contribution in [0, 0.1) is 0 Å². The van der Waals surface area contributed by atoms with E-state index in [2.05, 4.69) is 22.4 Å². The van der Waals surface area contributed by atoms with Gasteiger partial charge in [-0.3, -0.25) is 10.1 Å². The Morgan fingerprint density at radius 2 is 2.04 bits per heavy atom. The van der Waals surface area contributed by atoms with Gasteiger partial charge in [-0.15, -0.1) is 0 Å². The number of nitrogens with zero attached hydrogens (tertiary/aromatic N) is 3. The van der Waals surface area contributed by atoms with Crippen molar-refractivity contribution in [2.75, 3.05) is 12.4 Å². The highest BCUT2D eigenvalue weighted by Gasteiger charge is 2.30. The zero-order valence-corrected chi connectivity index (χ0v) is 15.9. The Labute approximate surface area is 163 Å². The molecule has 144 valence electrons. The number of para-hydroxylation sites is 2. The Balaban J connectivity index is 1.48. The smallest absolute Gasteiger partial charge is 0.271 e. The average Bonchev–Trinajstić information content (AvgIpc) is 3.34. The number of amides is 1. The van der Waals surface area contributed by atoms with Gasteiger partial charge in [0.1, 0.15) is 5.75 Å². The number of carbonyl (C=O) groups excluding carboxylic acids is 1. The van der Waals surface area contributed by atoms with Crippen LogP contribution >= 0.6 is 0 Å². The normalized spacial score (nSPS) is 15.9. The largest absolute Gasteiger partial charge is 0.497 e. The number of aromatic nitrogens is 2. The number of methoxy groups -OCH3 is 1. The summed E-state index contributed by atoms with van der Waals surface area (Å²) in [5.41, 5.74) is 3.51. The summed E-state index contributed by atoms with van der Waals surface area (Å²) in [6.45, 7) is 2.87. The molecule has 1 N–H and O–H groups in total. The van der Waals surface area contributed by atoms with Gasteiger partial charge in [0.2, 0.25) is 12.1 Å². The van der Waals surface area contributed by atoms with Crippen LogP contribution < -0.4 is 10.1 Å². The van der Waals surface area contributed by atoms with Gasteiger partial charge in [0, 0.05) is 13.0 Å². The summed E-state index contributed by atoms with van der Waals surface area (Å²) in [4.78, 5) is 22.7. The van der Waals surface area contributed by atoms with Crippen molar-refractivity contribution >= 4 is 28.6 Å². The van der Waals surface area contributed by atoms with Gasteiger partial charge in [-0.05, 0) is 48.4 Å². The van der Waals surface area contributed by atoms with Gasteiger partial charge in [-0.2, -0.15) is 0 Å². The van der Waals surface area contributed by atoms with Gasteiger partial charge in [0.15, 0.2) is 0 Å². The van der Waals surface area contributed by atoms with Crippen molar-refractivity contribution in [1.29, 1.82) is 0 Å². The summed E-state index contributed by atoms with van der Waals surface area (Å²) >= 11 is 0. The summed E-state index contributed by atoms with van der Waals surface area (Å²) in [5, 5.41) is 7.01.